The van der Waals surface area contributed by atoms with Gasteiger partial charge >= 0.3 is 6.18 Å². The van der Waals surface area contributed by atoms with Gasteiger partial charge in [-0.05, 0) is 41.1 Å². The Morgan fingerprint density at radius 1 is 1.50 bits per heavy atom. The van der Waals surface area contributed by atoms with E-state index in [2.05, 4.69) is 21.2 Å². The Morgan fingerprint density at radius 2 is 2.11 bits per heavy atom. The second-order valence-corrected chi connectivity index (χ2v) is 5.22. The number of nitrogens with one attached hydrogen (secondary N) is 1. The van der Waals surface area contributed by atoms with Gasteiger partial charge in [-0.1, -0.05) is 12.2 Å². The Bertz CT molecular complexity index is 448. The number of nitrogens with two attached hydrogens (primary N) is 1. The summed E-state index contributed by atoms with van der Waals surface area (Å²) in [6.45, 7) is 1.48. The molecule has 0 heterocycles. The normalized spacial score (nSPS) is 13.2. The van der Waals surface area contributed by atoms with E-state index in [1.54, 1.807) is 18.2 Å². The monoisotopic (exact) mass is 340 g/mol. The zero-order valence-corrected chi connectivity index (χ0v) is 11.9. The Balaban J connectivity index is 2.75. The standard InChI is InChI=1S/C11H12BrF3N2S/c1-6(5-11(13,14)15)17-7-2-3-8(10(16)18)9(12)4-7/h2-4,6,17H,5H2,1H3,(H2,16,18). The lowest BCUT2D eigenvalue weighted by atomic mass is 10.1. The van der Waals surface area contributed by atoms with Crippen molar-refractivity contribution in [2.45, 2.75) is 25.6 Å². The van der Waals surface area contributed by atoms with Crippen molar-refractivity contribution >= 4 is 38.8 Å². The lowest BCUT2D eigenvalue weighted by Gasteiger charge is -2.17. The van der Waals surface area contributed by atoms with Gasteiger partial charge in [0.2, 0.25) is 0 Å². The van der Waals surface area contributed by atoms with Crippen molar-refractivity contribution in [1.29, 1.82) is 0 Å². The van der Waals surface area contributed by atoms with Gasteiger partial charge in [0.05, 0.1) is 6.42 Å². The Hall–Kier alpha value is -0.820. The van der Waals surface area contributed by atoms with Gasteiger partial charge < -0.3 is 11.1 Å². The predicted molar refractivity (Wildman–Crippen MR) is 73.8 cm³/mol. The lowest BCUT2D eigenvalue weighted by molar-refractivity contribution is -0.136. The summed E-state index contributed by atoms with van der Waals surface area (Å²) in [6.07, 6.45) is -5.07. The average Bonchev–Trinajstić information content (AvgIpc) is 2.13. The zero-order chi connectivity index (χ0) is 13.9. The van der Waals surface area contributed by atoms with Crippen molar-refractivity contribution in [1.82, 2.24) is 0 Å². The minimum Gasteiger partial charge on any atom is -0.389 e. The van der Waals surface area contributed by atoms with Crippen LogP contribution in [-0.4, -0.2) is 17.2 Å². The maximum atomic E-state index is 12.2. The lowest BCUT2D eigenvalue weighted by Crippen LogP contribution is -2.23. The molecule has 100 valence electrons. The Morgan fingerprint density at radius 3 is 2.56 bits per heavy atom. The van der Waals surface area contributed by atoms with Gasteiger partial charge in [0.25, 0.3) is 0 Å². The summed E-state index contributed by atoms with van der Waals surface area (Å²) >= 11 is 8.10. The summed E-state index contributed by atoms with van der Waals surface area (Å²) in [7, 11) is 0. The van der Waals surface area contributed by atoms with Gasteiger partial charge in [0.1, 0.15) is 4.99 Å². The molecule has 0 bridgehead atoms. The fourth-order valence-electron chi connectivity index (χ4n) is 1.49. The number of hydrogen-bond donors (Lipinski definition) is 2. The van der Waals surface area contributed by atoms with E-state index in [4.69, 9.17) is 18.0 Å². The van der Waals surface area contributed by atoms with Gasteiger partial charge in [0.15, 0.2) is 0 Å². The second-order valence-electron chi connectivity index (χ2n) is 3.92. The number of benzene rings is 1. The van der Waals surface area contributed by atoms with Gasteiger partial charge in [-0.2, -0.15) is 13.2 Å². The minimum atomic E-state index is -4.18. The maximum absolute atomic E-state index is 12.2. The topological polar surface area (TPSA) is 38.0 Å². The summed E-state index contributed by atoms with van der Waals surface area (Å²) < 4.78 is 37.2. The van der Waals surface area contributed by atoms with Crippen LogP contribution in [-0.2, 0) is 0 Å². The summed E-state index contributed by atoms with van der Waals surface area (Å²) in [5, 5.41) is 2.77. The van der Waals surface area contributed by atoms with Gasteiger partial charge in [-0.25, -0.2) is 0 Å². The maximum Gasteiger partial charge on any atom is 0.391 e. The number of halogens is 4. The molecule has 1 rings (SSSR count). The largest absolute Gasteiger partial charge is 0.391 e. The highest BCUT2D eigenvalue weighted by Crippen LogP contribution is 2.25. The molecule has 0 aromatic heterocycles. The fraction of sp³-hybridized carbons (Fsp3) is 0.364. The first-order valence-electron chi connectivity index (χ1n) is 5.11. The Labute approximate surface area is 117 Å². The van der Waals surface area contributed by atoms with E-state index in [1.807, 2.05) is 0 Å². The highest BCUT2D eigenvalue weighted by molar-refractivity contribution is 9.10. The van der Waals surface area contributed by atoms with Crippen LogP contribution >= 0.6 is 28.1 Å². The first-order valence-corrected chi connectivity index (χ1v) is 6.32. The molecule has 0 amide bonds. The molecular formula is C11H12BrF3N2S. The second kappa shape index (κ2) is 5.88. The summed E-state index contributed by atoms with van der Waals surface area (Å²) in [4.78, 5) is 0.233. The molecule has 7 heteroatoms. The molecule has 18 heavy (non-hydrogen) atoms. The number of hydrogen-bond acceptors (Lipinski definition) is 2. The van der Waals surface area contributed by atoms with E-state index >= 15 is 0 Å². The van der Waals surface area contributed by atoms with Crippen LogP contribution in [0.5, 0.6) is 0 Å². The number of alkyl halides is 3. The van der Waals surface area contributed by atoms with Gasteiger partial charge in [-0.15, -0.1) is 0 Å². The molecule has 1 atom stereocenters. The molecule has 1 aromatic rings. The van der Waals surface area contributed by atoms with E-state index in [0.29, 0.717) is 15.7 Å². The van der Waals surface area contributed by atoms with E-state index in [9.17, 15) is 13.2 Å². The van der Waals surface area contributed by atoms with Crippen LogP contribution in [0.4, 0.5) is 18.9 Å². The number of rotatable bonds is 4. The zero-order valence-electron chi connectivity index (χ0n) is 9.51. The molecule has 0 spiro atoms. The third kappa shape index (κ3) is 4.81. The Kier molecular flexibility index (Phi) is 4.98. The molecule has 2 nitrogen and oxygen atoms in total. The van der Waals surface area contributed by atoms with Crippen molar-refractivity contribution in [3.63, 3.8) is 0 Å². The molecule has 0 aliphatic heterocycles. The molecule has 0 saturated carbocycles. The summed E-state index contributed by atoms with van der Waals surface area (Å²) in [6, 6.07) is 4.26. The fourth-order valence-corrected chi connectivity index (χ4v) is 2.39. The molecule has 0 aliphatic rings. The third-order valence-corrected chi connectivity index (χ3v) is 3.06. The smallest absolute Gasteiger partial charge is 0.389 e. The highest BCUT2D eigenvalue weighted by atomic mass is 79.9. The van der Waals surface area contributed by atoms with Crippen LogP contribution in [0.3, 0.4) is 0 Å². The molecular weight excluding hydrogens is 329 g/mol. The SMILES string of the molecule is CC(CC(F)(F)F)Nc1ccc(C(N)=S)c(Br)c1. The third-order valence-electron chi connectivity index (χ3n) is 2.19. The minimum absolute atomic E-state index is 0.233. The molecule has 3 N–H and O–H groups in total. The van der Waals surface area contributed by atoms with E-state index in [1.165, 1.54) is 6.92 Å². The van der Waals surface area contributed by atoms with Crippen molar-refractivity contribution in [2.75, 3.05) is 5.32 Å². The van der Waals surface area contributed by atoms with Crippen molar-refractivity contribution in [3.8, 4) is 0 Å². The molecule has 0 aliphatic carbocycles. The van der Waals surface area contributed by atoms with Crippen molar-refractivity contribution < 1.29 is 13.2 Å². The summed E-state index contributed by atoms with van der Waals surface area (Å²) in [5.74, 6) is 0. The molecule has 1 unspecified atom stereocenters. The van der Waals surface area contributed by atoms with Crippen LogP contribution in [0.2, 0.25) is 0 Å². The quantitative estimate of drug-likeness (QED) is 0.818. The van der Waals surface area contributed by atoms with E-state index < -0.39 is 18.6 Å². The van der Waals surface area contributed by atoms with Crippen molar-refractivity contribution in [2.24, 2.45) is 5.73 Å². The van der Waals surface area contributed by atoms with E-state index in [0.717, 1.165) is 0 Å². The summed E-state index contributed by atoms with van der Waals surface area (Å²) in [5.41, 5.74) is 6.72. The van der Waals surface area contributed by atoms with Crippen LogP contribution in [0.15, 0.2) is 22.7 Å². The first kappa shape index (κ1) is 15.2. The van der Waals surface area contributed by atoms with Crippen LogP contribution in [0.1, 0.15) is 18.9 Å². The van der Waals surface area contributed by atoms with Crippen molar-refractivity contribution in [3.05, 3.63) is 28.2 Å². The highest BCUT2D eigenvalue weighted by Gasteiger charge is 2.29. The van der Waals surface area contributed by atoms with Gasteiger partial charge in [-0.3, -0.25) is 0 Å². The number of anilines is 1. The molecule has 0 saturated heterocycles. The molecule has 1 aromatic carbocycles. The van der Waals surface area contributed by atoms with E-state index in [-0.39, 0.29) is 4.99 Å². The first-order chi connectivity index (χ1) is 8.19. The molecule has 0 fully saturated rings. The average molecular weight is 341 g/mol. The predicted octanol–water partition coefficient (Wildman–Crippen LogP) is 3.84. The molecule has 0 radical (unpaired) electrons. The number of thiocarbonyl (C=S) groups is 1. The van der Waals surface area contributed by atoms with Crippen LogP contribution < -0.4 is 11.1 Å². The van der Waals surface area contributed by atoms with Crippen LogP contribution in [0, 0.1) is 0 Å². The van der Waals surface area contributed by atoms with Crippen LogP contribution in [0.25, 0.3) is 0 Å². The van der Waals surface area contributed by atoms with Gasteiger partial charge in [0, 0.05) is 21.8 Å².